The first-order chi connectivity index (χ1) is 16.0. The van der Waals surface area contributed by atoms with Gasteiger partial charge in [-0.15, -0.1) is 14.3 Å². The average Bonchev–Trinajstić information content (AvgIpc) is 3.15. The Bertz CT molecular complexity index is 1380. The van der Waals surface area contributed by atoms with Crippen LogP contribution in [0.15, 0.2) is 47.4 Å². The maximum absolute atomic E-state index is 13.7. The number of nitro benzene ring substituents is 2. The first kappa shape index (κ1) is 24.2. The number of rotatable bonds is 8. The Hall–Kier alpha value is -4.40. The molecule has 1 aromatic heterocycles. The second-order valence-corrected chi connectivity index (χ2v) is 8.65. The van der Waals surface area contributed by atoms with Gasteiger partial charge in [0.15, 0.2) is 11.4 Å². The fourth-order valence-electron chi connectivity index (χ4n) is 2.96. The van der Waals surface area contributed by atoms with Crippen LogP contribution in [0, 0.1) is 34.1 Å². The van der Waals surface area contributed by atoms with Gasteiger partial charge in [0, 0.05) is 6.07 Å². The van der Waals surface area contributed by atoms with Crippen LogP contribution in [-0.2, 0) is 14.8 Å². The fourth-order valence-corrected chi connectivity index (χ4v) is 4.41. The van der Waals surface area contributed by atoms with Gasteiger partial charge in [0.1, 0.15) is 0 Å². The molecule has 3 rings (SSSR count). The van der Waals surface area contributed by atoms with Crippen molar-refractivity contribution in [3.8, 4) is 0 Å². The molecule has 0 fully saturated rings. The van der Waals surface area contributed by atoms with Crippen molar-refractivity contribution in [3.63, 3.8) is 0 Å². The van der Waals surface area contributed by atoms with Crippen LogP contribution in [0.25, 0.3) is 0 Å². The Labute approximate surface area is 192 Å². The van der Waals surface area contributed by atoms with Crippen molar-refractivity contribution in [1.82, 2.24) is 15.1 Å². The van der Waals surface area contributed by atoms with E-state index in [0.717, 1.165) is 17.7 Å². The highest BCUT2D eigenvalue weighted by molar-refractivity contribution is 7.92. The number of esters is 1. The van der Waals surface area contributed by atoms with E-state index in [1.165, 1.54) is 31.2 Å². The third-order valence-electron chi connectivity index (χ3n) is 4.63. The monoisotopic (exact) mass is 490 g/mol. The van der Waals surface area contributed by atoms with Gasteiger partial charge in [-0.2, -0.15) is 8.42 Å². The summed E-state index contributed by atoms with van der Waals surface area (Å²) in [4.78, 5) is 33.7. The molecule has 0 unspecified atom stereocenters. The summed E-state index contributed by atoms with van der Waals surface area (Å²) in [6.07, 6.45) is 0. The lowest BCUT2D eigenvalue weighted by Crippen LogP contribution is -2.38. The minimum absolute atomic E-state index is 0.0182. The molecule has 0 saturated carbocycles. The van der Waals surface area contributed by atoms with E-state index in [2.05, 4.69) is 10.3 Å². The number of hydrogen-bond donors (Lipinski definition) is 0. The van der Waals surface area contributed by atoms with Crippen molar-refractivity contribution >= 4 is 33.1 Å². The summed E-state index contributed by atoms with van der Waals surface area (Å²) in [6, 6.07) is 8.07. The van der Waals surface area contributed by atoms with E-state index in [-0.39, 0.29) is 22.9 Å². The van der Waals surface area contributed by atoms with Gasteiger partial charge in [-0.05, 0) is 44.2 Å². The summed E-state index contributed by atoms with van der Waals surface area (Å²) in [5.74, 6) is -0.878. The topological polar surface area (TPSA) is 181 Å². The Morgan fingerprint density at radius 2 is 1.74 bits per heavy atom. The van der Waals surface area contributed by atoms with E-state index in [1.807, 2.05) is 0 Å². The van der Waals surface area contributed by atoms with Crippen LogP contribution in [0.4, 0.5) is 17.1 Å². The van der Waals surface area contributed by atoms with Crippen LogP contribution in [0.2, 0.25) is 0 Å². The lowest BCUT2D eigenvalue weighted by Gasteiger charge is -2.24. The van der Waals surface area contributed by atoms with Gasteiger partial charge in [0.05, 0.1) is 33.1 Å². The smallest absolute Gasteiger partial charge is 0.360 e. The number of non-ortho nitro benzene ring substituents is 1. The second kappa shape index (κ2) is 9.22. The van der Waals surface area contributed by atoms with Crippen LogP contribution in [-0.4, -0.2) is 45.9 Å². The zero-order valence-electron chi connectivity index (χ0n) is 18.1. The Morgan fingerprint density at radius 1 is 1.09 bits per heavy atom. The molecule has 2 aromatic carbocycles. The highest BCUT2D eigenvalue weighted by atomic mass is 32.2. The molecule has 178 valence electrons. The van der Waals surface area contributed by atoms with Gasteiger partial charge in [-0.1, -0.05) is 17.7 Å². The molecule has 0 aliphatic rings. The summed E-state index contributed by atoms with van der Waals surface area (Å²) in [7, 11) is -4.59. The molecule has 34 heavy (non-hydrogen) atoms. The van der Waals surface area contributed by atoms with Crippen molar-refractivity contribution in [3.05, 3.63) is 79.6 Å². The maximum Gasteiger partial charge on any atom is 0.360 e. The molecule has 0 aliphatic carbocycles. The van der Waals surface area contributed by atoms with Crippen LogP contribution in [0.3, 0.4) is 0 Å². The number of hydrogen-bond acceptors (Lipinski definition) is 10. The number of ether oxygens (including phenoxy) is 1. The molecule has 1 heterocycles. The fraction of sp³-hybridized carbons (Fsp3) is 0.211. The molecule has 0 radical (unpaired) electrons. The van der Waals surface area contributed by atoms with Gasteiger partial charge in [-0.25, -0.2) is 4.79 Å². The van der Waals surface area contributed by atoms with Gasteiger partial charge >= 0.3 is 11.7 Å². The number of nitro groups is 2. The van der Waals surface area contributed by atoms with Crippen molar-refractivity contribution < 1.29 is 27.8 Å². The van der Waals surface area contributed by atoms with Crippen molar-refractivity contribution in [2.45, 2.75) is 25.7 Å². The average molecular weight is 490 g/mol. The van der Waals surface area contributed by atoms with E-state index < -0.39 is 42.9 Å². The number of sulfonamides is 1. The summed E-state index contributed by atoms with van der Waals surface area (Å²) < 4.78 is 32.7. The molecular weight excluding hydrogens is 472 g/mol. The van der Waals surface area contributed by atoms with Crippen LogP contribution in [0.1, 0.15) is 28.7 Å². The molecular formula is C19H18N6O8S. The highest BCUT2D eigenvalue weighted by Gasteiger charge is 2.36. The van der Waals surface area contributed by atoms with Crippen LogP contribution < -0.4 is 4.41 Å². The molecule has 0 bridgehead atoms. The third kappa shape index (κ3) is 4.40. The largest absolute Gasteiger partial charge is 0.461 e. The maximum atomic E-state index is 13.7. The quantitative estimate of drug-likeness (QED) is 0.258. The molecule has 3 aromatic rings. The van der Waals surface area contributed by atoms with Crippen molar-refractivity contribution in [1.29, 1.82) is 0 Å². The number of aromatic nitrogens is 3. The SMILES string of the molecule is CCOC(=O)c1nnn(N(c2ccc([N+](=O)[O-])cc2[N+](=O)[O-])S(=O)(=O)c2ccc(C)cc2)c1C. The molecule has 0 spiro atoms. The van der Waals surface area contributed by atoms with Gasteiger partial charge in [0.2, 0.25) is 0 Å². The molecule has 15 heteroatoms. The number of carbonyl (C=O) groups excluding carboxylic acids is 1. The Kier molecular flexibility index (Phi) is 6.58. The normalized spacial score (nSPS) is 11.1. The van der Waals surface area contributed by atoms with E-state index in [1.54, 1.807) is 13.8 Å². The Morgan fingerprint density at radius 3 is 2.29 bits per heavy atom. The molecule has 0 aliphatic heterocycles. The van der Waals surface area contributed by atoms with Crippen LogP contribution >= 0.6 is 0 Å². The van der Waals surface area contributed by atoms with E-state index in [4.69, 9.17) is 4.74 Å². The minimum Gasteiger partial charge on any atom is -0.461 e. The zero-order valence-corrected chi connectivity index (χ0v) is 18.9. The Balaban J connectivity index is 2.33. The predicted molar refractivity (Wildman–Crippen MR) is 117 cm³/mol. The van der Waals surface area contributed by atoms with Gasteiger partial charge in [0.25, 0.3) is 15.7 Å². The van der Waals surface area contributed by atoms with Gasteiger partial charge in [-0.3, -0.25) is 20.2 Å². The second-order valence-electron chi connectivity index (χ2n) is 6.88. The standard InChI is InChI=1S/C19H18N6O8S/c1-4-33-19(26)18-13(3)22(21-20-18)23(34(31,32)15-8-5-12(2)6-9-15)16-10-7-14(24(27)28)11-17(16)25(29)30/h5-11H,4H2,1-3H3. The highest BCUT2D eigenvalue weighted by Crippen LogP contribution is 2.36. The summed E-state index contributed by atoms with van der Waals surface area (Å²) in [5, 5.41) is 30.3. The number of aryl methyl sites for hydroxylation is 1. The third-order valence-corrected chi connectivity index (χ3v) is 6.31. The molecule has 14 nitrogen and oxygen atoms in total. The van der Waals surface area contributed by atoms with Crippen molar-refractivity contribution in [2.75, 3.05) is 11.0 Å². The summed E-state index contributed by atoms with van der Waals surface area (Å²) in [6.45, 7) is 4.64. The van der Waals surface area contributed by atoms with E-state index >= 15 is 0 Å². The number of anilines is 1. The van der Waals surface area contributed by atoms with Crippen molar-refractivity contribution in [2.24, 2.45) is 0 Å². The zero-order chi connectivity index (χ0) is 25.2. The first-order valence-electron chi connectivity index (χ1n) is 9.63. The number of carbonyl (C=O) groups is 1. The summed E-state index contributed by atoms with van der Waals surface area (Å²) >= 11 is 0. The first-order valence-corrected chi connectivity index (χ1v) is 11.1. The number of benzene rings is 2. The molecule has 0 amide bonds. The lowest BCUT2D eigenvalue weighted by atomic mass is 10.2. The van der Waals surface area contributed by atoms with E-state index in [0.29, 0.717) is 15.3 Å². The molecule has 0 atom stereocenters. The minimum atomic E-state index is -4.59. The lowest BCUT2D eigenvalue weighted by molar-refractivity contribution is -0.393. The van der Waals surface area contributed by atoms with E-state index in [9.17, 15) is 33.4 Å². The van der Waals surface area contributed by atoms with Crippen LogP contribution in [0.5, 0.6) is 0 Å². The summed E-state index contributed by atoms with van der Waals surface area (Å²) in [5.41, 5.74) is -1.70. The van der Waals surface area contributed by atoms with Gasteiger partial charge < -0.3 is 4.74 Å². The molecule has 0 N–H and O–H groups in total. The predicted octanol–water partition coefficient (Wildman–Crippen LogP) is 2.55. The molecule has 0 saturated heterocycles. The number of nitrogens with zero attached hydrogens (tertiary/aromatic N) is 6.